The van der Waals surface area contributed by atoms with Crippen LogP contribution in [0.5, 0.6) is 5.75 Å². The molecule has 0 radical (unpaired) electrons. The number of hydrogen-bond acceptors (Lipinski definition) is 6. The van der Waals surface area contributed by atoms with Crippen molar-refractivity contribution < 1.29 is 14.5 Å². The van der Waals surface area contributed by atoms with Crippen LogP contribution in [-0.2, 0) is 0 Å². The number of nitro benzene ring substituents is 1. The van der Waals surface area contributed by atoms with Crippen molar-refractivity contribution in [3.8, 4) is 5.75 Å². The van der Waals surface area contributed by atoms with Crippen molar-refractivity contribution in [2.24, 2.45) is 5.73 Å². The molecule has 0 bridgehead atoms. The molecule has 0 saturated carbocycles. The summed E-state index contributed by atoms with van der Waals surface area (Å²) in [7, 11) is 1.77. The Morgan fingerprint density at radius 2 is 2.11 bits per heavy atom. The molecular formula is C19H22N4O4. The summed E-state index contributed by atoms with van der Waals surface area (Å²) in [4.78, 5) is 26.3. The lowest BCUT2D eigenvalue weighted by atomic mass is 10.1. The van der Waals surface area contributed by atoms with E-state index in [0.29, 0.717) is 18.8 Å². The molecule has 0 aliphatic carbocycles. The topological polar surface area (TPSA) is 102 Å². The van der Waals surface area contributed by atoms with Crippen molar-refractivity contribution in [3.05, 3.63) is 58.1 Å². The second-order valence-corrected chi connectivity index (χ2v) is 6.45. The maximum Gasteiger partial charge on any atom is 0.293 e. The number of para-hydroxylation sites is 2. The van der Waals surface area contributed by atoms with E-state index in [0.717, 1.165) is 18.0 Å². The number of benzene rings is 2. The molecule has 3 rings (SSSR count). The standard InChI is InChI=1S/C19H22N4O4/c1-3-22-12-14(27-18-7-5-4-6-16(18)22)11-21(2)15-9-8-13(19(20)24)10-17(15)23(25)26/h4-10,14H,3,11-12H2,1-2H3,(H2,20,24)/t14-/m1/s1. The number of hydrogen-bond donors (Lipinski definition) is 1. The number of carbonyl (C=O) groups is 1. The predicted octanol–water partition coefficient (Wildman–Crippen LogP) is 2.42. The molecule has 1 aliphatic heterocycles. The molecular weight excluding hydrogens is 348 g/mol. The summed E-state index contributed by atoms with van der Waals surface area (Å²) in [5.41, 5.74) is 6.65. The lowest BCUT2D eigenvalue weighted by molar-refractivity contribution is -0.384. The molecule has 1 aliphatic rings. The number of nitro groups is 1. The first-order valence-corrected chi connectivity index (χ1v) is 8.70. The van der Waals surface area contributed by atoms with Crippen LogP contribution in [0.1, 0.15) is 17.3 Å². The predicted molar refractivity (Wildman–Crippen MR) is 104 cm³/mol. The molecule has 142 valence electrons. The molecule has 0 saturated heterocycles. The highest BCUT2D eigenvalue weighted by Gasteiger charge is 2.27. The molecule has 8 heteroatoms. The van der Waals surface area contributed by atoms with E-state index >= 15 is 0 Å². The van der Waals surface area contributed by atoms with Crippen LogP contribution in [0.25, 0.3) is 0 Å². The lowest BCUT2D eigenvalue weighted by Crippen LogP contribution is -2.45. The van der Waals surface area contributed by atoms with Gasteiger partial charge in [-0.1, -0.05) is 12.1 Å². The minimum Gasteiger partial charge on any atom is -0.485 e. The van der Waals surface area contributed by atoms with Crippen LogP contribution in [-0.4, -0.2) is 43.6 Å². The first-order valence-electron chi connectivity index (χ1n) is 8.70. The number of carbonyl (C=O) groups excluding carboxylic acids is 1. The van der Waals surface area contributed by atoms with E-state index in [4.69, 9.17) is 10.5 Å². The molecule has 27 heavy (non-hydrogen) atoms. The van der Waals surface area contributed by atoms with E-state index in [1.165, 1.54) is 12.1 Å². The summed E-state index contributed by atoms with van der Waals surface area (Å²) in [5.74, 6) is 0.112. The number of primary amides is 1. The number of fused-ring (bicyclic) bond motifs is 1. The fraction of sp³-hybridized carbons (Fsp3) is 0.316. The van der Waals surface area contributed by atoms with Gasteiger partial charge in [-0.15, -0.1) is 0 Å². The van der Waals surface area contributed by atoms with Gasteiger partial charge in [0.2, 0.25) is 5.91 Å². The van der Waals surface area contributed by atoms with Gasteiger partial charge in [-0.05, 0) is 31.2 Å². The zero-order valence-corrected chi connectivity index (χ0v) is 15.3. The van der Waals surface area contributed by atoms with Crippen molar-refractivity contribution in [1.82, 2.24) is 0 Å². The largest absolute Gasteiger partial charge is 0.485 e. The number of ether oxygens (including phenoxy) is 1. The van der Waals surface area contributed by atoms with Crippen molar-refractivity contribution in [2.45, 2.75) is 13.0 Å². The molecule has 0 spiro atoms. The second kappa shape index (κ2) is 7.53. The van der Waals surface area contributed by atoms with Gasteiger partial charge in [-0.3, -0.25) is 14.9 Å². The van der Waals surface area contributed by atoms with Crippen LogP contribution in [0.2, 0.25) is 0 Å². The summed E-state index contributed by atoms with van der Waals surface area (Å²) in [5, 5.41) is 11.4. The molecule has 2 aromatic carbocycles. The van der Waals surface area contributed by atoms with Gasteiger partial charge < -0.3 is 20.3 Å². The lowest BCUT2D eigenvalue weighted by Gasteiger charge is -2.37. The van der Waals surface area contributed by atoms with Crippen LogP contribution in [0.4, 0.5) is 17.1 Å². The number of likely N-dealkylation sites (N-methyl/N-ethyl adjacent to an activating group) is 2. The fourth-order valence-corrected chi connectivity index (χ4v) is 3.32. The third-order valence-electron chi connectivity index (χ3n) is 4.65. The van der Waals surface area contributed by atoms with Gasteiger partial charge in [-0.25, -0.2) is 0 Å². The fourth-order valence-electron chi connectivity index (χ4n) is 3.32. The summed E-state index contributed by atoms with van der Waals surface area (Å²) in [6, 6.07) is 12.1. The zero-order valence-electron chi connectivity index (χ0n) is 15.3. The van der Waals surface area contributed by atoms with Crippen LogP contribution in [0.3, 0.4) is 0 Å². The molecule has 2 aromatic rings. The Morgan fingerprint density at radius 3 is 2.78 bits per heavy atom. The van der Waals surface area contributed by atoms with Gasteiger partial charge in [0.25, 0.3) is 5.69 Å². The third-order valence-corrected chi connectivity index (χ3v) is 4.65. The Kier molecular flexibility index (Phi) is 5.16. The molecule has 1 heterocycles. The Balaban J connectivity index is 1.83. The van der Waals surface area contributed by atoms with Gasteiger partial charge in [0, 0.05) is 25.2 Å². The molecule has 1 atom stereocenters. The first-order chi connectivity index (χ1) is 12.9. The third kappa shape index (κ3) is 3.79. The molecule has 1 amide bonds. The van der Waals surface area contributed by atoms with Gasteiger partial charge in [0.15, 0.2) is 0 Å². The highest BCUT2D eigenvalue weighted by atomic mass is 16.6. The van der Waals surface area contributed by atoms with Crippen LogP contribution in [0.15, 0.2) is 42.5 Å². The van der Waals surface area contributed by atoms with Gasteiger partial charge in [0.05, 0.1) is 23.7 Å². The summed E-state index contributed by atoms with van der Waals surface area (Å²) < 4.78 is 6.09. The maximum absolute atomic E-state index is 11.4. The SMILES string of the molecule is CCN1C[C@@H](CN(C)c2ccc(C(N)=O)cc2[N+](=O)[O-])Oc2ccccc21. The van der Waals surface area contributed by atoms with Crippen molar-refractivity contribution in [3.63, 3.8) is 0 Å². The van der Waals surface area contributed by atoms with Gasteiger partial charge >= 0.3 is 0 Å². The minimum absolute atomic E-state index is 0.110. The van der Waals surface area contributed by atoms with Crippen molar-refractivity contribution in [1.29, 1.82) is 0 Å². The van der Waals surface area contributed by atoms with Crippen LogP contribution in [0, 0.1) is 10.1 Å². The Labute approximate surface area is 157 Å². The summed E-state index contributed by atoms with van der Waals surface area (Å²) >= 11 is 0. The number of nitrogens with two attached hydrogens (primary N) is 1. The van der Waals surface area contributed by atoms with Crippen LogP contribution < -0.4 is 20.3 Å². The van der Waals surface area contributed by atoms with E-state index < -0.39 is 10.8 Å². The monoisotopic (exact) mass is 370 g/mol. The normalized spacial score (nSPS) is 15.6. The zero-order chi connectivity index (χ0) is 19.6. The van der Waals surface area contributed by atoms with Gasteiger partial charge in [0.1, 0.15) is 17.5 Å². The van der Waals surface area contributed by atoms with E-state index in [1.807, 2.05) is 24.3 Å². The first kappa shape index (κ1) is 18.5. The van der Waals surface area contributed by atoms with Gasteiger partial charge in [-0.2, -0.15) is 0 Å². The quantitative estimate of drug-likeness (QED) is 0.619. The average molecular weight is 370 g/mol. The second-order valence-electron chi connectivity index (χ2n) is 6.45. The number of rotatable bonds is 6. The highest BCUT2D eigenvalue weighted by molar-refractivity contribution is 5.94. The Morgan fingerprint density at radius 1 is 1.37 bits per heavy atom. The number of nitrogens with zero attached hydrogens (tertiary/aromatic N) is 3. The summed E-state index contributed by atoms with van der Waals surface area (Å²) in [6.07, 6.45) is -0.153. The number of anilines is 2. The highest BCUT2D eigenvalue weighted by Crippen LogP contribution is 2.34. The molecule has 2 N–H and O–H groups in total. The Bertz CT molecular complexity index is 871. The number of amides is 1. The average Bonchev–Trinajstić information content (AvgIpc) is 2.66. The van der Waals surface area contributed by atoms with E-state index in [2.05, 4.69) is 11.8 Å². The molecule has 0 fully saturated rings. The smallest absolute Gasteiger partial charge is 0.293 e. The maximum atomic E-state index is 11.4. The molecule has 8 nitrogen and oxygen atoms in total. The van der Waals surface area contributed by atoms with Crippen LogP contribution >= 0.6 is 0 Å². The van der Waals surface area contributed by atoms with Crippen molar-refractivity contribution >= 4 is 23.0 Å². The van der Waals surface area contributed by atoms with E-state index in [1.54, 1.807) is 18.0 Å². The van der Waals surface area contributed by atoms with E-state index in [9.17, 15) is 14.9 Å². The minimum atomic E-state index is -0.696. The van der Waals surface area contributed by atoms with E-state index in [-0.39, 0.29) is 17.4 Å². The molecule has 0 unspecified atom stereocenters. The summed E-state index contributed by atoms with van der Waals surface area (Å²) in [6.45, 7) is 4.07. The Hall–Kier alpha value is -3.29. The van der Waals surface area contributed by atoms with Crippen molar-refractivity contribution in [2.75, 3.05) is 36.5 Å². The molecule has 0 aromatic heterocycles.